The summed E-state index contributed by atoms with van der Waals surface area (Å²) in [5.41, 5.74) is 1.82. The fourth-order valence-corrected chi connectivity index (χ4v) is 1.99. The van der Waals surface area contributed by atoms with Crippen LogP contribution in [0.4, 0.5) is 0 Å². The summed E-state index contributed by atoms with van der Waals surface area (Å²) in [6.45, 7) is 1.59. The Morgan fingerprint density at radius 2 is 2.07 bits per heavy atom. The second-order valence-corrected chi connectivity index (χ2v) is 4.26. The first-order valence-corrected chi connectivity index (χ1v) is 5.15. The number of carbonyl (C=O) groups excluding carboxylic acids is 1. The molecule has 0 N–H and O–H groups in total. The van der Waals surface area contributed by atoms with Crippen molar-refractivity contribution in [2.45, 2.75) is 6.92 Å². The first-order chi connectivity index (χ1) is 6.59. The molecule has 0 spiro atoms. The number of aromatic nitrogens is 1. The second-order valence-electron chi connectivity index (χ2n) is 3.35. The van der Waals surface area contributed by atoms with Crippen molar-refractivity contribution >= 4 is 32.6 Å². The van der Waals surface area contributed by atoms with Crippen LogP contribution in [0.3, 0.4) is 0 Å². The molecule has 14 heavy (non-hydrogen) atoms. The molecule has 72 valence electrons. The average molecular weight is 252 g/mol. The minimum absolute atomic E-state index is 0.0971. The van der Waals surface area contributed by atoms with E-state index in [2.05, 4.69) is 15.9 Å². The van der Waals surface area contributed by atoms with Gasteiger partial charge in [-0.15, -0.1) is 0 Å². The number of Topliss-reactive ketones (excluding diaryl/α,β-unsaturated/α-hetero) is 1. The highest BCUT2D eigenvalue weighted by Crippen LogP contribution is 2.22. The average Bonchev–Trinajstić information content (AvgIpc) is 2.44. The van der Waals surface area contributed by atoms with Gasteiger partial charge in [0.05, 0.1) is 5.69 Å². The highest BCUT2D eigenvalue weighted by Gasteiger charge is 2.08. The molecule has 2 rings (SSSR count). The van der Waals surface area contributed by atoms with Crippen molar-refractivity contribution in [1.82, 2.24) is 4.57 Å². The quantitative estimate of drug-likeness (QED) is 0.714. The maximum atomic E-state index is 11.3. The predicted octanol–water partition coefficient (Wildman–Crippen LogP) is 3.14. The van der Waals surface area contributed by atoms with E-state index < -0.39 is 0 Å². The molecule has 0 saturated heterocycles. The number of hydrogen-bond acceptors (Lipinski definition) is 1. The molecule has 0 fully saturated rings. The molecule has 0 saturated carbocycles. The SMILES string of the molecule is CC(=O)c1cc2ccc(Br)cc2n1C. The molecule has 1 heterocycles. The Hall–Kier alpha value is -1.09. The number of aryl methyl sites for hydroxylation is 1. The van der Waals surface area contributed by atoms with Crippen LogP contribution in [0.2, 0.25) is 0 Å². The van der Waals surface area contributed by atoms with Crippen molar-refractivity contribution in [3.05, 3.63) is 34.4 Å². The molecule has 0 aliphatic carbocycles. The molecule has 0 radical (unpaired) electrons. The molecule has 2 nitrogen and oxygen atoms in total. The van der Waals surface area contributed by atoms with Gasteiger partial charge in [-0.05, 0) is 18.2 Å². The molecule has 0 unspecified atom stereocenters. The number of fused-ring (bicyclic) bond motifs is 1. The van der Waals surface area contributed by atoms with Crippen LogP contribution < -0.4 is 0 Å². The second kappa shape index (κ2) is 3.24. The number of halogens is 1. The zero-order valence-corrected chi connectivity index (χ0v) is 9.63. The highest BCUT2D eigenvalue weighted by atomic mass is 79.9. The molecule has 0 aliphatic rings. The molecule has 0 aliphatic heterocycles. The Kier molecular flexibility index (Phi) is 2.19. The number of hydrogen-bond donors (Lipinski definition) is 0. The van der Waals surface area contributed by atoms with Crippen molar-refractivity contribution in [2.75, 3.05) is 0 Å². The summed E-state index contributed by atoms with van der Waals surface area (Å²) in [7, 11) is 1.91. The summed E-state index contributed by atoms with van der Waals surface area (Å²) >= 11 is 3.41. The molecular weight excluding hydrogens is 242 g/mol. The normalized spacial score (nSPS) is 10.8. The minimum atomic E-state index is 0.0971. The van der Waals surface area contributed by atoms with Gasteiger partial charge in [0.1, 0.15) is 0 Å². The van der Waals surface area contributed by atoms with Crippen molar-refractivity contribution < 1.29 is 4.79 Å². The van der Waals surface area contributed by atoms with Crippen LogP contribution in [0.5, 0.6) is 0 Å². The number of ketones is 1. The van der Waals surface area contributed by atoms with Gasteiger partial charge in [0.2, 0.25) is 0 Å². The zero-order chi connectivity index (χ0) is 10.3. The van der Waals surface area contributed by atoms with Crippen LogP contribution in [0.15, 0.2) is 28.7 Å². The predicted molar refractivity (Wildman–Crippen MR) is 60.6 cm³/mol. The minimum Gasteiger partial charge on any atom is -0.341 e. The van der Waals surface area contributed by atoms with Crippen LogP contribution in [0.1, 0.15) is 17.4 Å². The van der Waals surface area contributed by atoms with Crippen LogP contribution in [0.25, 0.3) is 10.9 Å². The van der Waals surface area contributed by atoms with Crippen molar-refractivity contribution in [2.24, 2.45) is 7.05 Å². The number of rotatable bonds is 1. The number of carbonyl (C=O) groups is 1. The van der Waals surface area contributed by atoms with E-state index in [1.54, 1.807) is 6.92 Å². The van der Waals surface area contributed by atoms with Gasteiger partial charge in [-0.1, -0.05) is 22.0 Å². The van der Waals surface area contributed by atoms with E-state index in [4.69, 9.17) is 0 Å². The molecule has 1 aromatic carbocycles. The van der Waals surface area contributed by atoms with Gasteiger partial charge in [-0.3, -0.25) is 4.79 Å². The van der Waals surface area contributed by atoms with Gasteiger partial charge in [0.25, 0.3) is 0 Å². The monoisotopic (exact) mass is 251 g/mol. The third kappa shape index (κ3) is 1.38. The third-order valence-electron chi connectivity index (χ3n) is 2.37. The molecule has 0 atom stereocenters. The molecule has 3 heteroatoms. The van der Waals surface area contributed by atoms with Crippen LogP contribution >= 0.6 is 15.9 Å². The fraction of sp³-hybridized carbons (Fsp3) is 0.182. The van der Waals surface area contributed by atoms with Crippen LogP contribution in [-0.2, 0) is 7.05 Å². The summed E-state index contributed by atoms with van der Waals surface area (Å²) < 4.78 is 2.95. The standard InChI is InChI=1S/C11H10BrNO/c1-7(14)10-5-8-3-4-9(12)6-11(8)13(10)2/h3-6H,1-2H3. The lowest BCUT2D eigenvalue weighted by molar-refractivity contribution is 0.101. The molecule has 0 bridgehead atoms. The Bertz CT molecular complexity index is 513. The molecular formula is C11H10BrNO. The summed E-state index contributed by atoms with van der Waals surface area (Å²) in [6, 6.07) is 7.92. The number of nitrogens with zero attached hydrogens (tertiary/aromatic N) is 1. The van der Waals surface area contributed by atoms with E-state index >= 15 is 0 Å². The lowest BCUT2D eigenvalue weighted by atomic mass is 10.2. The molecule has 1 aromatic heterocycles. The first-order valence-electron chi connectivity index (χ1n) is 4.35. The van der Waals surface area contributed by atoms with Crippen molar-refractivity contribution in [1.29, 1.82) is 0 Å². The van der Waals surface area contributed by atoms with Gasteiger partial charge in [0.15, 0.2) is 5.78 Å². The largest absolute Gasteiger partial charge is 0.341 e. The maximum absolute atomic E-state index is 11.3. The zero-order valence-electron chi connectivity index (χ0n) is 8.04. The van der Waals surface area contributed by atoms with Crippen molar-refractivity contribution in [3.8, 4) is 0 Å². The highest BCUT2D eigenvalue weighted by molar-refractivity contribution is 9.10. The molecule has 2 aromatic rings. The Morgan fingerprint density at radius 1 is 1.36 bits per heavy atom. The van der Waals surface area contributed by atoms with Gasteiger partial charge >= 0.3 is 0 Å². The van der Waals surface area contributed by atoms with Crippen molar-refractivity contribution in [3.63, 3.8) is 0 Å². The lowest BCUT2D eigenvalue weighted by Crippen LogP contribution is -2.00. The van der Waals surface area contributed by atoms with Gasteiger partial charge in [-0.2, -0.15) is 0 Å². The van der Waals surface area contributed by atoms with Crippen LogP contribution in [-0.4, -0.2) is 10.4 Å². The van der Waals surface area contributed by atoms with E-state index in [1.807, 2.05) is 35.9 Å². The summed E-state index contributed by atoms with van der Waals surface area (Å²) in [5.74, 6) is 0.0971. The van der Waals surface area contributed by atoms with E-state index in [0.29, 0.717) is 0 Å². The van der Waals surface area contributed by atoms with Gasteiger partial charge in [-0.25, -0.2) is 0 Å². The molecule has 0 amide bonds. The fourth-order valence-electron chi connectivity index (χ4n) is 1.64. The Labute approximate surface area is 90.7 Å². The lowest BCUT2D eigenvalue weighted by Gasteiger charge is -1.99. The van der Waals surface area contributed by atoms with Crippen LogP contribution in [0, 0.1) is 0 Å². The smallest absolute Gasteiger partial charge is 0.176 e. The number of benzene rings is 1. The Morgan fingerprint density at radius 3 is 2.71 bits per heavy atom. The van der Waals surface area contributed by atoms with E-state index in [-0.39, 0.29) is 5.78 Å². The summed E-state index contributed by atoms with van der Waals surface area (Å²) in [5, 5.41) is 1.10. The van der Waals surface area contributed by atoms with E-state index in [0.717, 1.165) is 21.1 Å². The third-order valence-corrected chi connectivity index (χ3v) is 2.86. The van der Waals surface area contributed by atoms with Gasteiger partial charge < -0.3 is 4.57 Å². The Balaban J connectivity index is 2.80. The topological polar surface area (TPSA) is 22.0 Å². The van der Waals surface area contributed by atoms with E-state index in [9.17, 15) is 4.79 Å². The van der Waals surface area contributed by atoms with Gasteiger partial charge in [0, 0.05) is 29.3 Å². The van der Waals surface area contributed by atoms with E-state index in [1.165, 1.54) is 0 Å². The first kappa shape index (κ1) is 9.46. The maximum Gasteiger partial charge on any atom is 0.176 e. The summed E-state index contributed by atoms with van der Waals surface area (Å²) in [4.78, 5) is 11.3. The summed E-state index contributed by atoms with van der Waals surface area (Å²) in [6.07, 6.45) is 0.